The first-order valence-electron chi connectivity index (χ1n) is 6.95. The number of pyridine rings is 1. The molecule has 0 unspecified atom stereocenters. The van der Waals surface area contributed by atoms with E-state index in [2.05, 4.69) is 20.5 Å². The van der Waals surface area contributed by atoms with Crippen LogP contribution in [0.25, 0.3) is 0 Å². The van der Waals surface area contributed by atoms with E-state index in [0.29, 0.717) is 6.42 Å². The van der Waals surface area contributed by atoms with Crippen molar-refractivity contribution in [3.8, 4) is 0 Å². The predicted octanol–water partition coefficient (Wildman–Crippen LogP) is 2.46. The van der Waals surface area contributed by atoms with E-state index < -0.39 is 0 Å². The summed E-state index contributed by atoms with van der Waals surface area (Å²) in [5, 5.41) is 5.90. The number of aromatic nitrogens is 1. The fraction of sp³-hybridized carbons (Fsp3) is 0.571. The molecule has 1 saturated heterocycles. The summed E-state index contributed by atoms with van der Waals surface area (Å²) in [6, 6.07) is 3.91. The van der Waals surface area contributed by atoms with Gasteiger partial charge in [-0.05, 0) is 45.0 Å². The van der Waals surface area contributed by atoms with Gasteiger partial charge < -0.3 is 15.5 Å². The molecule has 7 heteroatoms. The van der Waals surface area contributed by atoms with Crippen LogP contribution in [0.2, 0.25) is 0 Å². The summed E-state index contributed by atoms with van der Waals surface area (Å²) in [7, 11) is 1.89. The summed E-state index contributed by atoms with van der Waals surface area (Å²) in [4.78, 5) is 18.3. The van der Waals surface area contributed by atoms with Crippen LogP contribution in [0.1, 0.15) is 25.7 Å². The van der Waals surface area contributed by atoms with Crippen molar-refractivity contribution in [2.45, 2.75) is 25.7 Å². The Hall–Kier alpha value is -1.04. The van der Waals surface area contributed by atoms with Gasteiger partial charge in [0.1, 0.15) is 5.82 Å². The molecule has 2 N–H and O–H groups in total. The molecule has 1 aromatic rings. The molecule has 1 amide bonds. The highest BCUT2D eigenvalue weighted by Crippen LogP contribution is 2.19. The van der Waals surface area contributed by atoms with Crippen molar-refractivity contribution in [1.82, 2.24) is 10.3 Å². The van der Waals surface area contributed by atoms with E-state index in [1.54, 1.807) is 6.20 Å². The van der Waals surface area contributed by atoms with E-state index >= 15 is 0 Å². The largest absolute Gasteiger partial charge is 0.357 e. The molecule has 1 aliphatic rings. The summed E-state index contributed by atoms with van der Waals surface area (Å²) >= 11 is 0. The molecular formula is C14H24Cl2N4O. The second kappa shape index (κ2) is 10.7. The number of hydrogen-bond donors (Lipinski definition) is 2. The predicted molar refractivity (Wildman–Crippen MR) is 92.0 cm³/mol. The van der Waals surface area contributed by atoms with Gasteiger partial charge >= 0.3 is 0 Å². The quantitative estimate of drug-likeness (QED) is 0.784. The highest BCUT2D eigenvalue weighted by atomic mass is 35.5. The number of halogens is 2. The lowest BCUT2D eigenvalue weighted by molar-refractivity contribution is -0.116. The van der Waals surface area contributed by atoms with Crippen molar-refractivity contribution in [3.63, 3.8) is 0 Å². The molecule has 1 fully saturated rings. The molecule has 120 valence electrons. The number of anilines is 2. The van der Waals surface area contributed by atoms with E-state index in [-0.39, 0.29) is 30.7 Å². The molecule has 2 rings (SSSR count). The second-order valence-electron chi connectivity index (χ2n) is 4.85. The average molecular weight is 335 g/mol. The molecule has 0 radical (unpaired) electrons. The summed E-state index contributed by atoms with van der Waals surface area (Å²) in [5.41, 5.74) is 0.775. The second-order valence-corrected chi connectivity index (χ2v) is 4.85. The number of amides is 1. The van der Waals surface area contributed by atoms with Crippen LogP contribution < -0.4 is 15.5 Å². The highest BCUT2D eigenvalue weighted by molar-refractivity contribution is 5.90. The smallest absolute Gasteiger partial charge is 0.224 e. The SMILES string of the molecule is CNCCCC(=O)Nc1ccc(N2CCCC2)nc1.Cl.Cl. The number of carbonyl (C=O) groups is 1. The van der Waals surface area contributed by atoms with Crippen molar-refractivity contribution in [3.05, 3.63) is 18.3 Å². The van der Waals surface area contributed by atoms with E-state index in [9.17, 15) is 4.79 Å². The van der Waals surface area contributed by atoms with Gasteiger partial charge in [-0.15, -0.1) is 24.8 Å². The Morgan fingerprint density at radius 3 is 2.57 bits per heavy atom. The molecule has 2 heterocycles. The number of hydrogen-bond acceptors (Lipinski definition) is 4. The van der Waals surface area contributed by atoms with Crippen molar-refractivity contribution in [1.29, 1.82) is 0 Å². The Kier molecular flexibility index (Phi) is 10.1. The number of carbonyl (C=O) groups excluding carboxylic acids is 1. The van der Waals surface area contributed by atoms with Gasteiger partial charge in [0, 0.05) is 19.5 Å². The minimum absolute atomic E-state index is 0. The Balaban J connectivity index is 0.00000200. The van der Waals surface area contributed by atoms with Gasteiger partial charge in [-0.1, -0.05) is 0 Å². The number of nitrogens with zero attached hydrogens (tertiary/aromatic N) is 2. The van der Waals surface area contributed by atoms with Crippen LogP contribution in [0.15, 0.2) is 18.3 Å². The molecule has 0 bridgehead atoms. The maximum absolute atomic E-state index is 11.7. The first kappa shape index (κ1) is 20.0. The standard InChI is InChI=1S/C14H22N4O.2ClH/c1-15-8-4-5-14(19)17-12-6-7-13(16-11-12)18-9-2-3-10-18;;/h6-7,11,15H,2-5,8-10H2,1H3,(H,17,19);2*1H. The monoisotopic (exact) mass is 334 g/mol. The molecule has 5 nitrogen and oxygen atoms in total. The van der Waals surface area contributed by atoms with Crippen molar-refractivity contribution in [2.75, 3.05) is 36.9 Å². The van der Waals surface area contributed by atoms with Crippen LogP contribution in [0.3, 0.4) is 0 Å². The number of nitrogens with one attached hydrogen (secondary N) is 2. The topological polar surface area (TPSA) is 57.3 Å². The molecule has 0 saturated carbocycles. The van der Waals surface area contributed by atoms with Gasteiger partial charge in [-0.2, -0.15) is 0 Å². The maximum Gasteiger partial charge on any atom is 0.224 e. The molecular weight excluding hydrogens is 311 g/mol. The molecule has 0 aromatic carbocycles. The van der Waals surface area contributed by atoms with Gasteiger partial charge in [0.15, 0.2) is 0 Å². The molecule has 1 aromatic heterocycles. The van der Waals surface area contributed by atoms with Crippen LogP contribution in [0, 0.1) is 0 Å². The summed E-state index contributed by atoms with van der Waals surface area (Å²) in [6.45, 7) is 3.03. The van der Waals surface area contributed by atoms with E-state index in [0.717, 1.165) is 37.6 Å². The minimum Gasteiger partial charge on any atom is -0.357 e. The van der Waals surface area contributed by atoms with E-state index in [4.69, 9.17) is 0 Å². The van der Waals surface area contributed by atoms with Crippen LogP contribution >= 0.6 is 24.8 Å². The fourth-order valence-corrected chi connectivity index (χ4v) is 2.24. The molecule has 0 atom stereocenters. The first-order chi connectivity index (χ1) is 9.29. The Labute approximate surface area is 138 Å². The molecule has 0 spiro atoms. The van der Waals surface area contributed by atoms with Crippen LogP contribution in [-0.2, 0) is 4.79 Å². The summed E-state index contributed by atoms with van der Waals surface area (Å²) < 4.78 is 0. The number of rotatable bonds is 6. The van der Waals surface area contributed by atoms with E-state index in [1.807, 2.05) is 19.2 Å². The van der Waals surface area contributed by atoms with Gasteiger partial charge in [0.05, 0.1) is 11.9 Å². The third kappa shape index (κ3) is 6.50. The van der Waals surface area contributed by atoms with Gasteiger partial charge in [-0.25, -0.2) is 4.98 Å². The fourth-order valence-electron chi connectivity index (χ4n) is 2.24. The average Bonchev–Trinajstić information content (AvgIpc) is 2.94. The Bertz CT molecular complexity index is 408. The molecule has 0 aliphatic carbocycles. The maximum atomic E-state index is 11.7. The lowest BCUT2D eigenvalue weighted by atomic mass is 10.3. The summed E-state index contributed by atoms with van der Waals surface area (Å²) in [6.07, 6.45) is 5.61. The molecule has 1 aliphatic heterocycles. The van der Waals surface area contributed by atoms with Crippen LogP contribution in [0.4, 0.5) is 11.5 Å². The van der Waals surface area contributed by atoms with Crippen LogP contribution in [-0.4, -0.2) is 37.6 Å². The van der Waals surface area contributed by atoms with E-state index in [1.165, 1.54) is 12.8 Å². The third-order valence-corrected chi connectivity index (χ3v) is 3.29. The summed E-state index contributed by atoms with van der Waals surface area (Å²) in [5.74, 6) is 1.05. The minimum atomic E-state index is 0. The third-order valence-electron chi connectivity index (χ3n) is 3.29. The van der Waals surface area contributed by atoms with Crippen LogP contribution in [0.5, 0.6) is 0 Å². The molecule has 21 heavy (non-hydrogen) atoms. The van der Waals surface area contributed by atoms with Crippen molar-refractivity contribution >= 4 is 42.2 Å². The zero-order chi connectivity index (χ0) is 13.5. The Morgan fingerprint density at radius 2 is 2.00 bits per heavy atom. The van der Waals surface area contributed by atoms with Gasteiger partial charge in [0.2, 0.25) is 5.91 Å². The Morgan fingerprint density at radius 1 is 1.29 bits per heavy atom. The van der Waals surface area contributed by atoms with Crippen molar-refractivity contribution < 1.29 is 4.79 Å². The van der Waals surface area contributed by atoms with Crippen molar-refractivity contribution in [2.24, 2.45) is 0 Å². The van der Waals surface area contributed by atoms with Gasteiger partial charge in [0.25, 0.3) is 0 Å². The normalized spacial score (nSPS) is 13.3. The lowest BCUT2D eigenvalue weighted by Gasteiger charge is -2.16. The zero-order valence-electron chi connectivity index (χ0n) is 12.3. The van der Waals surface area contributed by atoms with Gasteiger partial charge in [-0.3, -0.25) is 4.79 Å². The zero-order valence-corrected chi connectivity index (χ0v) is 13.9. The lowest BCUT2D eigenvalue weighted by Crippen LogP contribution is -2.19. The highest BCUT2D eigenvalue weighted by Gasteiger charge is 2.13. The first-order valence-corrected chi connectivity index (χ1v) is 6.95.